The largest absolute Gasteiger partial charge is 0.504 e. The van der Waals surface area contributed by atoms with Crippen molar-refractivity contribution in [2.24, 2.45) is 0 Å². The third-order valence-electron chi connectivity index (χ3n) is 5.04. The van der Waals surface area contributed by atoms with Crippen LogP contribution in [0.25, 0.3) is 0 Å². The van der Waals surface area contributed by atoms with Crippen LogP contribution in [-0.4, -0.2) is 10.2 Å². The molecule has 0 aliphatic heterocycles. The minimum absolute atomic E-state index is 0.103. The highest BCUT2D eigenvalue weighted by Crippen LogP contribution is 2.49. The molecule has 2 nitrogen and oxygen atoms in total. The number of para-hydroxylation sites is 1. The van der Waals surface area contributed by atoms with Crippen LogP contribution in [0.5, 0.6) is 11.5 Å². The van der Waals surface area contributed by atoms with Crippen LogP contribution in [0.4, 0.5) is 0 Å². The highest BCUT2D eigenvalue weighted by atomic mass is 16.3. The topological polar surface area (TPSA) is 40.5 Å². The van der Waals surface area contributed by atoms with Crippen LogP contribution in [0.1, 0.15) is 22.3 Å². The van der Waals surface area contributed by atoms with Crippen molar-refractivity contribution in [1.82, 2.24) is 0 Å². The molecule has 4 aromatic carbocycles. The maximum Gasteiger partial charge on any atom is 0.162 e. The van der Waals surface area contributed by atoms with E-state index in [1.165, 1.54) is 6.07 Å². The minimum Gasteiger partial charge on any atom is -0.504 e. The SMILES string of the molecule is Oc1cccc(C(c2ccccc2)(c2ccccc2)c2ccccc2)c1O. The van der Waals surface area contributed by atoms with E-state index in [2.05, 4.69) is 36.4 Å². The van der Waals surface area contributed by atoms with Crippen molar-refractivity contribution in [3.05, 3.63) is 131 Å². The number of benzene rings is 4. The summed E-state index contributed by atoms with van der Waals surface area (Å²) >= 11 is 0. The Morgan fingerprint density at radius 3 is 1.26 bits per heavy atom. The van der Waals surface area contributed by atoms with E-state index in [-0.39, 0.29) is 11.5 Å². The molecule has 0 aliphatic carbocycles. The van der Waals surface area contributed by atoms with Crippen molar-refractivity contribution >= 4 is 0 Å². The molecule has 132 valence electrons. The molecule has 0 aliphatic rings. The first-order valence-corrected chi connectivity index (χ1v) is 8.92. The Kier molecular flexibility index (Phi) is 4.39. The van der Waals surface area contributed by atoms with Crippen molar-refractivity contribution in [2.75, 3.05) is 0 Å². The molecule has 0 spiro atoms. The Labute approximate surface area is 159 Å². The van der Waals surface area contributed by atoms with Gasteiger partial charge in [0.25, 0.3) is 0 Å². The molecule has 0 bridgehead atoms. The molecule has 0 radical (unpaired) electrons. The average molecular weight is 352 g/mol. The zero-order chi connectivity index (χ0) is 18.7. The second-order valence-corrected chi connectivity index (χ2v) is 6.52. The highest BCUT2D eigenvalue weighted by molar-refractivity contribution is 5.64. The van der Waals surface area contributed by atoms with Gasteiger partial charge < -0.3 is 10.2 Å². The number of phenols is 2. The summed E-state index contributed by atoms with van der Waals surface area (Å²) in [5.74, 6) is -0.228. The number of aromatic hydroxyl groups is 2. The Balaban J connectivity index is 2.18. The van der Waals surface area contributed by atoms with Gasteiger partial charge in [0, 0.05) is 5.56 Å². The van der Waals surface area contributed by atoms with Gasteiger partial charge in [0.05, 0.1) is 5.41 Å². The fourth-order valence-electron chi connectivity index (χ4n) is 3.86. The monoisotopic (exact) mass is 352 g/mol. The lowest BCUT2D eigenvalue weighted by molar-refractivity contribution is 0.395. The lowest BCUT2D eigenvalue weighted by Crippen LogP contribution is -2.31. The summed E-state index contributed by atoms with van der Waals surface area (Å²) in [6.07, 6.45) is 0. The number of hydrogen-bond acceptors (Lipinski definition) is 2. The normalized spacial score (nSPS) is 11.3. The van der Waals surface area contributed by atoms with Crippen LogP contribution in [0, 0.1) is 0 Å². The zero-order valence-electron chi connectivity index (χ0n) is 14.8. The van der Waals surface area contributed by atoms with E-state index in [0.29, 0.717) is 5.56 Å². The second-order valence-electron chi connectivity index (χ2n) is 6.52. The molecule has 27 heavy (non-hydrogen) atoms. The third-order valence-corrected chi connectivity index (χ3v) is 5.04. The Morgan fingerprint density at radius 1 is 0.444 bits per heavy atom. The smallest absolute Gasteiger partial charge is 0.162 e. The molecule has 0 atom stereocenters. The lowest BCUT2D eigenvalue weighted by atomic mass is 9.65. The van der Waals surface area contributed by atoms with E-state index < -0.39 is 5.41 Å². The average Bonchev–Trinajstić information content (AvgIpc) is 2.74. The van der Waals surface area contributed by atoms with Gasteiger partial charge in [-0.05, 0) is 22.8 Å². The maximum atomic E-state index is 10.9. The summed E-state index contributed by atoms with van der Waals surface area (Å²) in [4.78, 5) is 0. The van der Waals surface area contributed by atoms with E-state index in [1.807, 2.05) is 60.7 Å². The summed E-state index contributed by atoms with van der Waals surface area (Å²) in [6, 6.07) is 35.4. The van der Waals surface area contributed by atoms with E-state index >= 15 is 0 Å². The lowest BCUT2D eigenvalue weighted by Gasteiger charge is -2.37. The maximum absolute atomic E-state index is 10.9. The molecule has 0 saturated carbocycles. The van der Waals surface area contributed by atoms with Crippen LogP contribution < -0.4 is 0 Å². The first-order chi connectivity index (χ1) is 13.2. The van der Waals surface area contributed by atoms with Gasteiger partial charge >= 0.3 is 0 Å². The summed E-state index contributed by atoms with van der Waals surface area (Å²) < 4.78 is 0. The van der Waals surface area contributed by atoms with Crippen molar-refractivity contribution in [2.45, 2.75) is 5.41 Å². The van der Waals surface area contributed by atoms with Crippen LogP contribution in [-0.2, 0) is 5.41 Å². The predicted molar refractivity (Wildman–Crippen MR) is 108 cm³/mol. The van der Waals surface area contributed by atoms with Crippen molar-refractivity contribution in [3.63, 3.8) is 0 Å². The van der Waals surface area contributed by atoms with Crippen molar-refractivity contribution < 1.29 is 10.2 Å². The van der Waals surface area contributed by atoms with Gasteiger partial charge in [-0.1, -0.05) is 103 Å². The summed E-state index contributed by atoms with van der Waals surface area (Å²) in [6.45, 7) is 0. The second kappa shape index (κ2) is 7.00. The fourth-order valence-corrected chi connectivity index (χ4v) is 3.86. The van der Waals surface area contributed by atoms with E-state index in [1.54, 1.807) is 6.07 Å². The predicted octanol–water partition coefficient (Wildman–Crippen LogP) is 5.48. The third kappa shape index (κ3) is 2.76. The van der Waals surface area contributed by atoms with Gasteiger partial charge in [-0.3, -0.25) is 0 Å². The molecular formula is C25H20O2. The van der Waals surface area contributed by atoms with E-state index in [9.17, 15) is 10.2 Å². The van der Waals surface area contributed by atoms with Gasteiger partial charge in [0.1, 0.15) is 0 Å². The molecule has 2 N–H and O–H groups in total. The van der Waals surface area contributed by atoms with E-state index in [4.69, 9.17) is 0 Å². The summed E-state index contributed by atoms with van der Waals surface area (Å²) in [7, 11) is 0. The summed E-state index contributed by atoms with van der Waals surface area (Å²) in [5.41, 5.74) is 2.94. The molecule has 0 fully saturated rings. The molecule has 0 saturated heterocycles. The number of rotatable bonds is 4. The summed E-state index contributed by atoms with van der Waals surface area (Å²) in [5, 5.41) is 21.1. The van der Waals surface area contributed by atoms with Gasteiger partial charge in [-0.15, -0.1) is 0 Å². The van der Waals surface area contributed by atoms with Crippen LogP contribution >= 0.6 is 0 Å². The van der Waals surface area contributed by atoms with Crippen LogP contribution in [0.3, 0.4) is 0 Å². The van der Waals surface area contributed by atoms with E-state index in [0.717, 1.165) is 16.7 Å². The van der Waals surface area contributed by atoms with Gasteiger partial charge in [-0.25, -0.2) is 0 Å². The van der Waals surface area contributed by atoms with Crippen molar-refractivity contribution in [1.29, 1.82) is 0 Å². The molecular weight excluding hydrogens is 332 g/mol. The highest BCUT2D eigenvalue weighted by Gasteiger charge is 2.40. The molecule has 0 amide bonds. The quantitative estimate of drug-likeness (QED) is 0.377. The molecule has 4 rings (SSSR count). The van der Waals surface area contributed by atoms with Crippen molar-refractivity contribution in [3.8, 4) is 11.5 Å². The Bertz CT molecular complexity index is 929. The zero-order valence-corrected chi connectivity index (χ0v) is 14.8. The molecule has 2 heteroatoms. The van der Waals surface area contributed by atoms with Crippen LogP contribution in [0.2, 0.25) is 0 Å². The first-order valence-electron chi connectivity index (χ1n) is 8.92. The van der Waals surface area contributed by atoms with Gasteiger partial charge in [-0.2, -0.15) is 0 Å². The Morgan fingerprint density at radius 2 is 0.852 bits per heavy atom. The molecule has 0 unspecified atom stereocenters. The van der Waals surface area contributed by atoms with Crippen LogP contribution in [0.15, 0.2) is 109 Å². The Hall–Kier alpha value is -3.52. The first kappa shape index (κ1) is 16.9. The van der Waals surface area contributed by atoms with Gasteiger partial charge in [0.15, 0.2) is 11.5 Å². The molecule has 0 aromatic heterocycles. The fraction of sp³-hybridized carbons (Fsp3) is 0.0400. The minimum atomic E-state index is -0.757. The number of hydrogen-bond donors (Lipinski definition) is 2. The molecule has 0 heterocycles. The van der Waals surface area contributed by atoms with Gasteiger partial charge in [0.2, 0.25) is 0 Å². The standard InChI is InChI=1S/C25H20O2/c26-23-18-10-17-22(24(23)27)25(19-11-4-1-5-12-19,20-13-6-2-7-14-20)21-15-8-3-9-16-21/h1-18,26-27H. The number of phenolic OH excluding ortho intramolecular Hbond substituents is 2. The molecule has 4 aromatic rings.